The van der Waals surface area contributed by atoms with Crippen molar-refractivity contribution in [3.05, 3.63) is 78.4 Å². The van der Waals surface area contributed by atoms with E-state index >= 15 is 0 Å². The fraction of sp³-hybridized carbons (Fsp3) is 0.321. The van der Waals surface area contributed by atoms with Gasteiger partial charge in [0, 0.05) is 31.7 Å². The summed E-state index contributed by atoms with van der Waals surface area (Å²) in [6.45, 7) is 5.40. The van der Waals surface area contributed by atoms with E-state index in [1.54, 1.807) is 21.9 Å². The van der Waals surface area contributed by atoms with Gasteiger partial charge in [-0.15, -0.1) is 0 Å². The molecule has 0 spiro atoms. The van der Waals surface area contributed by atoms with E-state index in [0.717, 1.165) is 10.8 Å². The van der Waals surface area contributed by atoms with Crippen LogP contribution in [0, 0.1) is 5.92 Å². The largest absolute Gasteiger partial charge is 0.484 e. The minimum Gasteiger partial charge on any atom is -0.484 e. The number of carbonyl (C=O) groups excluding carboxylic acids is 3. The maximum absolute atomic E-state index is 13.2. The van der Waals surface area contributed by atoms with E-state index in [1.165, 1.54) is 0 Å². The van der Waals surface area contributed by atoms with Crippen LogP contribution in [0.15, 0.2) is 72.8 Å². The van der Waals surface area contributed by atoms with E-state index in [2.05, 4.69) is 5.32 Å². The predicted molar refractivity (Wildman–Crippen MR) is 135 cm³/mol. The number of ether oxygens (including phenoxy) is 1. The van der Waals surface area contributed by atoms with Gasteiger partial charge in [-0.3, -0.25) is 14.4 Å². The Kier molecular flexibility index (Phi) is 7.65. The highest BCUT2D eigenvalue weighted by Crippen LogP contribution is 2.21. The highest BCUT2D eigenvalue weighted by molar-refractivity contribution is 6.07. The predicted octanol–water partition coefficient (Wildman–Crippen LogP) is 3.34. The summed E-state index contributed by atoms with van der Waals surface area (Å²) in [5.41, 5.74) is 0.675. The number of fused-ring (bicyclic) bond motifs is 1. The van der Waals surface area contributed by atoms with Crippen LogP contribution >= 0.6 is 0 Å². The number of nitrogens with zero attached hydrogens (tertiary/aromatic N) is 2. The molecule has 4 rings (SSSR count). The molecule has 1 fully saturated rings. The van der Waals surface area contributed by atoms with Crippen LogP contribution < -0.4 is 10.1 Å². The van der Waals surface area contributed by atoms with Crippen molar-refractivity contribution < 1.29 is 19.1 Å². The number of carbonyl (C=O) groups is 3. The van der Waals surface area contributed by atoms with Gasteiger partial charge in [0.05, 0.1) is 0 Å². The highest BCUT2D eigenvalue weighted by atomic mass is 16.5. The van der Waals surface area contributed by atoms with Gasteiger partial charge >= 0.3 is 0 Å². The van der Waals surface area contributed by atoms with E-state index in [0.29, 0.717) is 37.5 Å². The maximum atomic E-state index is 13.2. The lowest BCUT2D eigenvalue weighted by Gasteiger charge is -2.37. The molecule has 0 saturated carbocycles. The number of piperazine rings is 1. The Balaban J connectivity index is 1.34. The van der Waals surface area contributed by atoms with Crippen LogP contribution in [-0.4, -0.2) is 66.3 Å². The van der Waals surface area contributed by atoms with Gasteiger partial charge in [-0.05, 0) is 34.9 Å². The molecule has 0 radical (unpaired) electrons. The third-order valence-electron chi connectivity index (χ3n) is 6.26. The van der Waals surface area contributed by atoms with Crippen molar-refractivity contribution in [1.82, 2.24) is 15.1 Å². The summed E-state index contributed by atoms with van der Waals surface area (Å²) in [5, 5.41) is 4.78. The number of para-hydroxylation sites is 1. The normalized spacial score (nSPS) is 14.6. The van der Waals surface area contributed by atoms with Gasteiger partial charge in [-0.2, -0.15) is 0 Å². The van der Waals surface area contributed by atoms with E-state index in [1.807, 2.05) is 74.5 Å². The Morgan fingerprint density at radius 1 is 0.829 bits per heavy atom. The summed E-state index contributed by atoms with van der Waals surface area (Å²) in [6.07, 6.45) is 0. The molecule has 182 valence electrons. The second kappa shape index (κ2) is 11.0. The van der Waals surface area contributed by atoms with Crippen LogP contribution in [0.2, 0.25) is 0 Å². The van der Waals surface area contributed by atoms with Gasteiger partial charge in [0.25, 0.3) is 11.8 Å². The van der Waals surface area contributed by atoms with Crippen molar-refractivity contribution in [1.29, 1.82) is 0 Å². The molecule has 1 saturated heterocycles. The molecule has 3 amide bonds. The standard InChI is InChI=1S/C28H31N3O4/c1-20(2)26(29-25(32)19-35-22-11-4-3-5-12-22)28(34)31-17-15-30(16-18-31)27(33)24-14-8-10-21-9-6-7-13-23(21)24/h3-14,20,26H,15-19H2,1-2H3,(H,29,32)/t26-/m1/s1. The van der Waals surface area contributed by atoms with E-state index in [4.69, 9.17) is 4.74 Å². The van der Waals surface area contributed by atoms with Crippen LogP contribution in [0.3, 0.4) is 0 Å². The molecule has 7 heteroatoms. The summed E-state index contributed by atoms with van der Waals surface area (Å²) >= 11 is 0. The number of rotatable bonds is 7. The molecule has 35 heavy (non-hydrogen) atoms. The van der Waals surface area contributed by atoms with Crippen molar-refractivity contribution in [2.24, 2.45) is 5.92 Å². The topological polar surface area (TPSA) is 79.0 Å². The highest BCUT2D eigenvalue weighted by Gasteiger charge is 2.32. The Labute approximate surface area is 205 Å². The monoisotopic (exact) mass is 473 g/mol. The second-order valence-electron chi connectivity index (χ2n) is 9.04. The first-order valence-electron chi connectivity index (χ1n) is 12.0. The van der Waals surface area contributed by atoms with Crippen LogP contribution in [0.4, 0.5) is 0 Å². The third kappa shape index (κ3) is 5.80. The summed E-state index contributed by atoms with van der Waals surface area (Å²) in [4.78, 5) is 42.4. The molecule has 1 N–H and O–H groups in total. The minimum absolute atomic E-state index is 0.0272. The summed E-state index contributed by atoms with van der Waals surface area (Å²) in [5.74, 6) is 0.0113. The molecule has 1 atom stereocenters. The molecule has 1 aliphatic heterocycles. The van der Waals surface area contributed by atoms with Crippen molar-refractivity contribution >= 4 is 28.5 Å². The Morgan fingerprint density at radius 2 is 1.46 bits per heavy atom. The minimum atomic E-state index is -0.651. The van der Waals surface area contributed by atoms with Crippen LogP contribution in [0.5, 0.6) is 5.75 Å². The molecule has 3 aromatic rings. The van der Waals surface area contributed by atoms with Crippen molar-refractivity contribution in [3.63, 3.8) is 0 Å². The zero-order valence-electron chi connectivity index (χ0n) is 20.1. The molecule has 0 unspecified atom stereocenters. The molecular weight excluding hydrogens is 442 g/mol. The van der Waals surface area contributed by atoms with E-state index < -0.39 is 6.04 Å². The maximum Gasteiger partial charge on any atom is 0.258 e. The number of benzene rings is 3. The summed E-state index contributed by atoms with van der Waals surface area (Å²) in [6, 6.07) is 22.0. The molecule has 0 aliphatic carbocycles. The first kappa shape index (κ1) is 24.3. The molecule has 1 aliphatic rings. The molecule has 3 aromatic carbocycles. The first-order valence-corrected chi connectivity index (χ1v) is 12.0. The SMILES string of the molecule is CC(C)[C@@H](NC(=O)COc1ccccc1)C(=O)N1CCN(C(=O)c2cccc3ccccc23)CC1. The third-order valence-corrected chi connectivity index (χ3v) is 6.26. The average Bonchev–Trinajstić information content (AvgIpc) is 2.90. The Hall–Kier alpha value is -3.87. The zero-order valence-corrected chi connectivity index (χ0v) is 20.1. The fourth-order valence-electron chi connectivity index (χ4n) is 4.30. The number of hydrogen-bond donors (Lipinski definition) is 1. The van der Waals surface area contributed by atoms with Gasteiger partial charge in [-0.1, -0.05) is 68.4 Å². The summed E-state index contributed by atoms with van der Waals surface area (Å²) in [7, 11) is 0. The molecule has 7 nitrogen and oxygen atoms in total. The number of nitrogens with one attached hydrogen (secondary N) is 1. The van der Waals surface area contributed by atoms with E-state index in [-0.39, 0.29) is 30.2 Å². The lowest BCUT2D eigenvalue weighted by molar-refractivity contribution is -0.139. The average molecular weight is 474 g/mol. The van der Waals surface area contributed by atoms with Crippen molar-refractivity contribution in [3.8, 4) is 5.75 Å². The lowest BCUT2D eigenvalue weighted by atomic mass is 10.0. The first-order chi connectivity index (χ1) is 16.9. The molecule has 0 bridgehead atoms. The molecular formula is C28H31N3O4. The van der Waals surface area contributed by atoms with Crippen LogP contribution in [0.25, 0.3) is 10.8 Å². The van der Waals surface area contributed by atoms with E-state index in [9.17, 15) is 14.4 Å². The second-order valence-corrected chi connectivity index (χ2v) is 9.04. The van der Waals surface area contributed by atoms with Gasteiger partial charge in [0.1, 0.15) is 11.8 Å². The molecule has 0 aromatic heterocycles. The van der Waals surface area contributed by atoms with Crippen LogP contribution in [-0.2, 0) is 9.59 Å². The number of amides is 3. The van der Waals surface area contributed by atoms with Crippen molar-refractivity contribution in [2.75, 3.05) is 32.8 Å². The zero-order chi connectivity index (χ0) is 24.8. The van der Waals surface area contributed by atoms with Gasteiger partial charge in [0.2, 0.25) is 5.91 Å². The van der Waals surface area contributed by atoms with Gasteiger partial charge < -0.3 is 19.9 Å². The molecule has 1 heterocycles. The van der Waals surface area contributed by atoms with Gasteiger partial charge in [-0.25, -0.2) is 0 Å². The fourth-order valence-corrected chi connectivity index (χ4v) is 4.30. The van der Waals surface area contributed by atoms with Gasteiger partial charge in [0.15, 0.2) is 6.61 Å². The summed E-state index contributed by atoms with van der Waals surface area (Å²) < 4.78 is 5.51. The Morgan fingerprint density at radius 3 is 2.17 bits per heavy atom. The quantitative estimate of drug-likeness (QED) is 0.571. The Bertz CT molecular complexity index is 1180. The lowest BCUT2D eigenvalue weighted by Crippen LogP contribution is -2.57. The van der Waals surface area contributed by atoms with Crippen molar-refractivity contribution in [2.45, 2.75) is 19.9 Å². The van der Waals surface area contributed by atoms with Crippen LogP contribution in [0.1, 0.15) is 24.2 Å². The number of hydrogen-bond acceptors (Lipinski definition) is 4. The smallest absolute Gasteiger partial charge is 0.258 e.